The molecule has 3 heterocycles. The number of methoxy groups -OCH3 is 2. The summed E-state index contributed by atoms with van der Waals surface area (Å²) in [6, 6.07) is 20.1. The van der Waals surface area contributed by atoms with E-state index in [2.05, 4.69) is 26.0 Å². The van der Waals surface area contributed by atoms with Crippen molar-refractivity contribution in [2.24, 2.45) is 11.8 Å². The van der Waals surface area contributed by atoms with Gasteiger partial charge < -0.3 is 35.0 Å². The van der Waals surface area contributed by atoms with Gasteiger partial charge in [-0.15, -0.1) is 11.3 Å². The Morgan fingerprint density at radius 1 is 0.933 bits per heavy atom. The first-order valence-corrected chi connectivity index (χ1v) is 21.2. The molecule has 1 aliphatic heterocycles. The number of thiazole rings is 1. The Balaban J connectivity index is 1.39. The van der Waals surface area contributed by atoms with Crippen molar-refractivity contribution in [3.63, 3.8) is 0 Å². The fourth-order valence-corrected chi connectivity index (χ4v) is 7.90. The summed E-state index contributed by atoms with van der Waals surface area (Å²) in [5.74, 6) is -1.37. The van der Waals surface area contributed by atoms with Crippen molar-refractivity contribution in [2.75, 3.05) is 33.9 Å². The zero-order valence-corrected chi connectivity index (χ0v) is 36.1. The summed E-state index contributed by atoms with van der Waals surface area (Å²) in [4.78, 5) is 66.8. The van der Waals surface area contributed by atoms with Gasteiger partial charge in [-0.2, -0.15) is 0 Å². The maximum Gasteiger partial charge on any atom is 0.407 e. The normalized spacial score (nSPS) is 15.4. The molecule has 0 spiro atoms. The van der Waals surface area contributed by atoms with E-state index in [9.17, 15) is 24.3 Å². The van der Waals surface area contributed by atoms with E-state index in [1.54, 1.807) is 42.0 Å². The van der Waals surface area contributed by atoms with Crippen LogP contribution in [-0.4, -0.2) is 112 Å². The van der Waals surface area contributed by atoms with E-state index in [0.717, 1.165) is 33.1 Å². The van der Waals surface area contributed by atoms with Crippen LogP contribution >= 0.6 is 11.3 Å². The number of aliphatic hydroxyl groups excluding tert-OH is 1. The number of aliphatic hydroxyl groups is 1. The van der Waals surface area contributed by atoms with Crippen molar-refractivity contribution in [1.29, 1.82) is 0 Å². The Morgan fingerprint density at radius 3 is 2.32 bits per heavy atom. The van der Waals surface area contributed by atoms with Crippen molar-refractivity contribution >= 4 is 35.3 Å². The molecule has 4 aromatic rings. The molecule has 1 aliphatic rings. The number of hydrogen-bond acceptors (Lipinski definition) is 11. The second-order valence-electron chi connectivity index (χ2n) is 15.4. The van der Waals surface area contributed by atoms with E-state index in [4.69, 9.17) is 9.47 Å². The number of alkyl carbamates (subject to hydrolysis) is 1. The molecule has 322 valence electrons. The Kier molecular flexibility index (Phi) is 16.9. The number of benzene rings is 2. The standard InChI is InChI=1S/C44H58N8O7S/c1-7-30(4)40(52-22-21-50(44(52)57)25-34-28-60-38(46-34)27-58-5)42(55)47-36(23-31-13-9-8-10-14-31)37(53)26-51(49-41(54)39(29(2)3)48-43(56)59-6)24-32-16-18-33(19-17-32)35-15-11-12-20-45-35/h8-20,28-30,36-37,39-40,53H,7,21-27H2,1-6H3,(H,47,55)(H,48,56)(H,49,54). The highest BCUT2D eigenvalue weighted by atomic mass is 32.1. The molecule has 16 heteroatoms. The van der Waals surface area contributed by atoms with Gasteiger partial charge in [0.05, 0.1) is 43.8 Å². The van der Waals surface area contributed by atoms with Crippen LogP contribution in [0.1, 0.15) is 55.9 Å². The predicted octanol–water partition coefficient (Wildman–Crippen LogP) is 5.01. The SMILES string of the molecule is CCC(C)C(C(=O)NC(Cc1ccccc1)C(O)CN(Cc1ccc(-c2ccccn2)cc1)NC(=O)C(NC(=O)OC)C(C)C)N1CCN(Cc2csc(COC)n2)C1=O. The van der Waals surface area contributed by atoms with Crippen LogP contribution in [0.15, 0.2) is 84.4 Å². The minimum absolute atomic E-state index is 0.0995. The smallest absolute Gasteiger partial charge is 0.407 e. The largest absolute Gasteiger partial charge is 0.453 e. The van der Waals surface area contributed by atoms with Crippen molar-refractivity contribution in [1.82, 2.24) is 40.8 Å². The van der Waals surface area contributed by atoms with Gasteiger partial charge in [0, 0.05) is 50.4 Å². The van der Waals surface area contributed by atoms with Crippen molar-refractivity contribution in [3.05, 3.63) is 106 Å². The molecule has 5 rings (SSSR count). The third-order valence-corrected chi connectivity index (χ3v) is 11.5. The van der Waals surface area contributed by atoms with Gasteiger partial charge in [0.2, 0.25) is 5.91 Å². The molecule has 5 atom stereocenters. The lowest BCUT2D eigenvalue weighted by atomic mass is 9.95. The molecule has 5 amide bonds. The average molecular weight is 843 g/mol. The minimum atomic E-state index is -1.21. The Hall–Kier alpha value is -5.42. The first-order valence-electron chi connectivity index (χ1n) is 20.3. The molecule has 0 aliphatic carbocycles. The van der Waals surface area contributed by atoms with Gasteiger partial charge in [-0.1, -0.05) is 94.8 Å². The van der Waals surface area contributed by atoms with Crippen molar-refractivity contribution < 1.29 is 33.8 Å². The quantitative estimate of drug-likeness (QED) is 0.0835. The van der Waals surface area contributed by atoms with E-state index in [-0.39, 0.29) is 43.3 Å². The van der Waals surface area contributed by atoms with Gasteiger partial charge in [-0.05, 0) is 41.5 Å². The van der Waals surface area contributed by atoms with Crippen LogP contribution in [0.5, 0.6) is 0 Å². The van der Waals surface area contributed by atoms with Crippen LogP contribution < -0.4 is 16.1 Å². The van der Waals surface area contributed by atoms with E-state index in [1.165, 1.54) is 18.4 Å². The lowest BCUT2D eigenvalue weighted by Crippen LogP contribution is -2.59. The van der Waals surface area contributed by atoms with Crippen LogP contribution in [-0.2, 0) is 45.2 Å². The molecule has 0 bridgehead atoms. The second-order valence-corrected chi connectivity index (χ2v) is 16.3. The number of carbonyl (C=O) groups is 4. The second kappa shape index (κ2) is 22.3. The van der Waals surface area contributed by atoms with Crippen LogP contribution in [0.3, 0.4) is 0 Å². The molecule has 2 aromatic heterocycles. The lowest BCUT2D eigenvalue weighted by molar-refractivity contribution is -0.131. The highest BCUT2D eigenvalue weighted by Crippen LogP contribution is 2.24. The summed E-state index contributed by atoms with van der Waals surface area (Å²) in [7, 11) is 2.84. The summed E-state index contributed by atoms with van der Waals surface area (Å²) >= 11 is 1.48. The number of hydrazine groups is 1. The van der Waals surface area contributed by atoms with Crippen molar-refractivity contribution in [2.45, 2.75) is 84.5 Å². The zero-order valence-electron chi connectivity index (χ0n) is 35.2. The summed E-state index contributed by atoms with van der Waals surface area (Å²) in [6.07, 6.45) is 0.679. The third-order valence-electron chi connectivity index (χ3n) is 10.6. The summed E-state index contributed by atoms with van der Waals surface area (Å²) in [5.41, 5.74) is 7.13. The van der Waals surface area contributed by atoms with Gasteiger partial charge in [0.1, 0.15) is 17.1 Å². The first kappa shape index (κ1) is 45.7. The molecule has 0 saturated carbocycles. The monoisotopic (exact) mass is 842 g/mol. The summed E-state index contributed by atoms with van der Waals surface area (Å²) < 4.78 is 9.99. The molecular weight excluding hydrogens is 785 g/mol. The predicted molar refractivity (Wildman–Crippen MR) is 229 cm³/mol. The fourth-order valence-electron chi connectivity index (χ4n) is 7.15. The molecule has 1 saturated heterocycles. The number of nitrogens with zero attached hydrogens (tertiary/aromatic N) is 5. The number of rotatable bonds is 21. The van der Waals surface area contributed by atoms with E-state index >= 15 is 0 Å². The molecule has 1 fully saturated rings. The van der Waals surface area contributed by atoms with Gasteiger partial charge in [-0.25, -0.2) is 19.6 Å². The Bertz CT molecular complexity index is 1980. The first-order chi connectivity index (χ1) is 28.9. The molecule has 0 radical (unpaired) electrons. The zero-order chi connectivity index (χ0) is 43.2. The molecule has 2 aromatic carbocycles. The average Bonchev–Trinajstić information content (AvgIpc) is 3.85. The summed E-state index contributed by atoms with van der Waals surface area (Å²) in [6.45, 7) is 9.13. The van der Waals surface area contributed by atoms with Gasteiger partial charge >= 0.3 is 12.1 Å². The number of nitrogens with one attached hydrogen (secondary N) is 3. The maximum absolute atomic E-state index is 14.5. The number of ether oxygens (including phenoxy) is 2. The van der Waals surface area contributed by atoms with Gasteiger partial charge in [0.15, 0.2) is 0 Å². The van der Waals surface area contributed by atoms with E-state index < -0.39 is 36.2 Å². The van der Waals surface area contributed by atoms with E-state index in [1.807, 2.05) is 92.0 Å². The number of hydrogen-bond donors (Lipinski definition) is 4. The number of aromatic nitrogens is 2. The minimum Gasteiger partial charge on any atom is -0.453 e. The fraction of sp³-hybridized carbons (Fsp3) is 0.455. The number of carbonyl (C=O) groups excluding carboxylic acids is 4. The highest BCUT2D eigenvalue weighted by molar-refractivity contribution is 7.09. The Labute approximate surface area is 356 Å². The third kappa shape index (κ3) is 12.5. The summed E-state index contributed by atoms with van der Waals surface area (Å²) in [5, 5.41) is 22.2. The van der Waals surface area contributed by atoms with Crippen LogP contribution in [0, 0.1) is 11.8 Å². The molecule has 15 nitrogen and oxygen atoms in total. The highest BCUT2D eigenvalue weighted by Gasteiger charge is 2.41. The lowest BCUT2D eigenvalue weighted by Gasteiger charge is -2.35. The van der Waals surface area contributed by atoms with Crippen LogP contribution in [0.25, 0.3) is 11.3 Å². The molecule has 4 N–H and O–H groups in total. The topological polar surface area (TPSA) is 179 Å². The molecular formula is C44H58N8O7S. The number of urea groups is 1. The molecule has 5 unspecified atom stereocenters. The van der Waals surface area contributed by atoms with Crippen LogP contribution in [0.4, 0.5) is 9.59 Å². The molecule has 60 heavy (non-hydrogen) atoms. The number of pyridine rings is 1. The van der Waals surface area contributed by atoms with E-state index in [0.29, 0.717) is 32.7 Å². The van der Waals surface area contributed by atoms with Gasteiger partial charge in [-0.3, -0.25) is 20.0 Å². The maximum atomic E-state index is 14.5. The van der Waals surface area contributed by atoms with Crippen molar-refractivity contribution in [3.8, 4) is 11.3 Å². The van der Waals surface area contributed by atoms with Gasteiger partial charge in [0.25, 0.3) is 5.91 Å². The van der Waals surface area contributed by atoms with Crippen LogP contribution in [0.2, 0.25) is 0 Å². The Morgan fingerprint density at radius 2 is 1.67 bits per heavy atom. The number of amides is 5.